The summed E-state index contributed by atoms with van der Waals surface area (Å²) in [4.78, 5) is 4.23. The highest BCUT2D eigenvalue weighted by Crippen LogP contribution is 2.37. The molecule has 1 aliphatic heterocycles. The van der Waals surface area contributed by atoms with Crippen molar-refractivity contribution in [3.8, 4) is 0 Å². The molecule has 1 fully saturated rings. The molecule has 0 saturated carbocycles. The Morgan fingerprint density at radius 2 is 1.85 bits per heavy atom. The second kappa shape index (κ2) is 9.27. The maximum Gasteiger partial charge on any atom is 0.206 e. The molecule has 2 N–H and O–H groups in total. The van der Waals surface area contributed by atoms with Gasteiger partial charge in [-0.2, -0.15) is 0 Å². The van der Waals surface area contributed by atoms with E-state index in [0.717, 1.165) is 19.3 Å². The molecular weight excluding hydrogens is 415 g/mol. The third kappa shape index (κ3) is 4.53. The first kappa shape index (κ1) is 21.1. The fourth-order valence-electron chi connectivity index (χ4n) is 3.21. The zero-order chi connectivity index (χ0) is 19.6. The van der Waals surface area contributed by atoms with Gasteiger partial charge < -0.3 is 19.7 Å². The number of ether oxygens (including phenoxy) is 2. The topological polar surface area (TPSA) is 76.7 Å². The number of aliphatic hydroxyl groups excluding tert-OH is 2. The molecule has 2 heterocycles. The number of benzene rings is 1. The van der Waals surface area contributed by atoms with Crippen LogP contribution in [0.4, 0.5) is 0 Å². The molecule has 1 saturated heterocycles. The maximum atomic E-state index is 10.5. The Bertz CT molecular complexity index is 786. The number of hydrogen-bond acceptors (Lipinski definition) is 5. The van der Waals surface area contributed by atoms with Gasteiger partial charge >= 0.3 is 0 Å². The zero-order valence-electron chi connectivity index (χ0n) is 14.9. The molecule has 3 rings (SSSR count). The van der Waals surface area contributed by atoms with Gasteiger partial charge in [-0.1, -0.05) is 49.4 Å². The SMILES string of the molecule is CCCCCCOC[C@H]1O[C@@H](n2c(Cl)nc3cc(Cl)c(Cl)cc32)[C@H](O)[C@@H]1O. The Morgan fingerprint density at radius 3 is 2.59 bits per heavy atom. The first-order chi connectivity index (χ1) is 12.9. The van der Waals surface area contributed by atoms with Crippen LogP contribution in [0.25, 0.3) is 11.0 Å². The lowest BCUT2D eigenvalue weighted by atomic mass is 10.1. The normalized spacial score (nSPS) is 25.6. The summed E-state index contributed by atoms with van der Waals surface area (Å²) >= 11 is 18.4. The van der Waals surface area contributed by atoms with Crippen molar-refractivity contribution in [3.63, 3.8) is 0 Å². The number of aliphatic hydroxyl groups is 2. The summed E-state index contributed by atoms with van der Waals surface area (Å²) in [6.07, 6.45) is 0.565. The monoisotopic (exact) mass is 436 g/mol. The van der Waals surface area contributed by atoms with E-state index in [1.165, 1.54) is 11.0 Å². The van der Waals surface area contributed by atoms with E-state index in [4.69, 9.17) is 44.3 Å². The smallest absolute Gasteiger partial charge is 0.206 e. The molecule has 0 spiro atoms. The molecule has 0 aliphatic carbocycles. The van der Waals surface area contributed by atoms with Crippen molar-refractivity contribution in [2.45, 2.75) is 57.1 Å². The summed E-state index contributed by atoms with van der Waals surface area (Å²) in [6.45, 7) is 2.94. The molecule has 0 amide bonds. The van der Waals surface area contributed by atoms with E-state index in [2.05, 4.69) is 11.9 Å². The molecule has 2 aromatic rings. The summed E-state index contributed by atoms with van der Waals surface area (Å²) in [7, 11) is 0. The van der Waals surface area contributed by atoms with E-state index in [1.807, 2.05) is 0 Å². The molecule has 1 aromatic carbocycles. The van der Waals surface area contributed by atoms with Crippen LogP contribution >= 0.6 is 34.8 Å². The molecule has 6 nitrogen and oxygen atoms in total. The summed E-state index contributed by atoms with van der Waals surface area (Å²) in [6, 6.07) is 3.20. The van der Waals surface area contributed by atoms with Crippen LogP contribution in [0.1, 0.15) is 38.8 Å². The number of unbranched alkanes of at least 4 members (excludes halogenated alkanes) is 3. The third-order valence-corrected chi connectivity index (χ3v) is 5.69. The predicted molar refractivity (Wildman–Crippen MR) is 106 cm³/mol. The minimum absolute atomic E-state index is 0.112. The number of nitrogens with zero attached hydrogens (tertiary/aromatic N) is 2. The molecule has 4 atom stereocenters. The fraction of sp³-hybridized carbons (Fsp3) is 0.611. The number of rotatable bonds is 8. The lowest BCUT2D eigenvalue weighted by Gasteiger charge is -2.18. The predicted octanol–water partition coefficient (Wildman–Crippen LogP) is 4.21. The number of aromatic nitrogens is 2. The van der Waals surface area contributed by atoms with Crippen molar-refractivity contribution in [3.05, 3.63) is 27.5 Å². The lowest BCUT2D eigenvalue weighted by Crippen LogP contribution is -2.34. The van der Waals surface area contributed by atoms with Crippen LogP contribution in [0.15, 0.2) is 12.1 Å². The highest BCUT2D eigenvalue weighted by molar-refractivity contribution is 6.42. The fourth-order valence-corrected chi connectivity index (χ4v) is 3.81. The molecule has 27 heavy (non-hydrogen) atoms. The average molecular weight is 438 g/mol. The summed E-state index contributed by atoms with van der Waals surface area (Å²) in [5.74, 6) is 0. The first-order valence-corrected chi connectivity index (χ1v) is 10.2. The van der Waals surface area contributed by atoms with E-state index in [1.54, 1.807) is 12.1 Å². The van der Waals surface area contributed by atoms with E-state index in [9.17, 15) is 10.2 Å². The minimum Gasteiger partial charge on any atom is -0.387 e. The highest BCUT2D eigenvalue weighted by atomic mass is 35.5. The number of hydrogen-bond donors (Lipinski definition) is 2. The van der Waals surface area contributed by atoms with E-state index in [0.29, 0.717) is 27.7 Å². The van der Waals surface area contributed by atoms with Gasteiger partial charge in [-0.05, 0) is 30.2 Å². The van der Waals surface area contributed by atoms with E-state index in [-0.39, 0.29) is 11.9 Å². The van der Waals surface area contributed by atoms with Crippen LogP contribution in [-0.2, 0) is 9.47 Å². The van der Waals surface area contributed by atoms with Crippen LogP contribution in [0.5, 0.6) is 0 Å². The van der Waals surface area contributed by atoms with Gasteiger partial charge in [0.15, 0.2) is 6.23 Å². The van der Waals surface area contributed by atoms with Crippen LogP contribution in [0.3, 0.4) is 0 Å². The van der Waals surface area contributed by atoms with E-state index >= 15 is 0 Å². The van der Waals surface area contributed by atoms with E-state index < -0.39 is 24.5 Å². The lowest BCUT2D eigenvalue weighted by molar-refractivity contribution is -0.0654. The molecule has 0 unspecified atom stereocenters. The Kier molecular flexibility index (Phi) is 7.25. The largest absolute Gasteiger partial charge is 0.387 e. The molecule has 0 bridgehead atoms. The number of imidazole rings is 1. The number of halogens is 3. The standard InChI is InChI=1S/C18H23Cl3N2O4/c1-2-3-4-5-6-26-9-14-15(24)16(25)17(27-14)23-13-8-11(20)10(19)7-12(13)22-18(23)21/h7-8,14-17,24-25H,2-6,9H2,1H3/t14-,15-,16-,17-/m1/s1. The molecule has 1 aromatic heterocycles. The zero-order valence-corrected chi connectivity index (χ0v) is 17.2. The Balaban J connectivity index is 1.71. The summed E-state index contributed by atoms with van der Waals surface area (Å²) < 4.78 is 13.0. The van der Waals surface area contributed by atoms with Gasteiger partial charge in [-0.25, -0.2) is 4.98 Å². The van der Waals surface area contributed by atoms with Crippen LogP contribution in [0, 0.1) is 0 Å². The van der Waals surface area contributed by atoms with Crippen molar-refractivity contribution < 1.29 is 19.7 Å². The molecular formula is C18H23Cl3N2O4. The third-order valence-electron chi connectivity index (χ3n) is 4.70. The van der Waals surface area contributed by atoms with Gasteiger partial charge in [-0.3, -0.25) is 4.57 Å². The molecule has 0 radical (unpaired) electrons. The van der Waals surface area contributed by atoms with Gasteiger partial charge in [-0.15, -0.1) is 0 Å². The first-order valence-electron chi connectivity index (χ1n) is 9.05. The van der Waals surface area contributed by atoms with Crippen molar-refractivity contribution in [1.29, 1.82) is 0 Å². The van der Waals surface area contributed by atoms with Crippen LogP contribution in [-0.4, -0.2) is 51.3 Å². The second-order valence-electron chi connectivity index (χ2n) is 6.69. The van der Waals surface area contributed by atoms with Crippen molar-refractivity contribution in [2.75, 3.05) is 13.2 Å². The average Bonchev–Trinajstić information content (AvgIpc) is 3.08. The summed E-state index contributed by atoms with van der Waals surface area (Å²) in [5.41, 5.74) is 1.09. The Hall–Kier alpha value is -0.600. The van der Waals surface area contributed by atoms with Crippen molar-refractivity contribution >= 4 is 45.8 Å². The minimum atomic E-state index is -1.18. The molecule has 1 aliphatic rings. The van der Waals surface area contributed by atoms with Crippen LogP contribution in [0.2, 0.25) is 15.3 Å². The molecule has 9 heteroatoms. The maximum absolute atomic E-state index is 10.5. The van der Waals surface area contributed by atoms with Crippen molar-refractivity contribution in [2.24, 2.45) is 0 Å². The van der Waals surface area contributed by atoms with Gasteiger partial charge in [0.1, 0.15) is 18.3 Å². The van der Waals surface area contributed by atoms with Crippen molar-refractivity contribution in [1.82, 2.24) is 9.55 Å². The second-order valence-corrected chi connectivity index (χ2v) is 7.84. The van der Waals surface area contributed by atoms with Gasteiger partial charge in [0, 0.05) is 6.61 Å². The van der Waals surface area contributed by atoms with Gasteiger partial charge in [0.05, 0.1) is 27.7 Å². The van der Waals surface area contributed by atoms with Gasteiger partial charge in [0.2, 0.25) is 5.28 Å². The summed E-state index contributed by atoms with van der Waals surface area (Å²) in [5, 5.41) is 21.6. The van der Waals surface area contributed by atoms with Crippen LogP contribution < -0.4 is 0 Å². The molecule has 150 valence electrons. The highest BCUT2D eigenvalue weighted by Gasteiger charge is 2.45. The Morgan fingerprint density at radius 1 is 1.11 bits per heavy atom. The number of fused-ring (bicyclic) bond motifs is 1. The Labute approximate surface area is 172 Å². The van der Waals surface area contributed by atoms with Gasteiger partial charge in [0.25, 0.3) is 0 Å². The quantitative estimate of drug-likeness (QED) is 0.605.